The molecular weight excluding hydrogens is 290 g/mol. The second kappa shape index (κ2) is 6.39. The third kappa shape index (κ3) is 3.11. The highest BCUT2D eigenvalue weighted by Crippen LogP contribution is 2.35. The second-order valence-corrected chi connectivity index (χ2v) is 5.25. The highest BCUT2D eigenvalue weighted by atomic mass is 16.1. The number of amides is 1. The molecule has 0 spiro atoms. The Balaban J connectivity index is 2.06. The number of amidine groups is 1. The fraction of sp³-hybridized carbons (Fsp3) is 0.176. The van der Waals surface area contributed by atoms with E-state index in [1.54, 1.807) is 7.05 Å². The molecule has 0 saturated heterocycles. The van der Waals surface area contributed by atoms with Crippen molar-refractivity contribution in [2.45, 2.75) is 6.42 Å². The molecule has 0 saturated carbocycles. The summed E-state index contributed by atoms with van der Waals surface area (Å²) in [6.45, 7) is 0.610. The zero-order valence-corrected chi connectivity index (χ0v) is 12.9. The van der Waals surface area contributed by atoms with Gasteiger partial charge in [0, 0.05) is 31.1 Å². The molecule has 0 radical (unpaired) electrons. The Labute approximate surface area is 134 Å². The van der Waals surface area contributed by atoms with Gasteiger partial charge in [-0.15, -0.1) is 0 Å². The van der Waals surface area contributed by atoms with Gasteiger partial charge in [0.1, 0.15) is 0 Å². The van der Waals surface area contributed by atoms with Gasteiger partial charge in [-0.1, -0.05) is 30.3 Å². The van der Waals surface area contributed by atoms with Crippen LogP contribution in [0.3, 0.4) is 0 Å². The molecule has 0 atom stereocenters. The monoisotopic (exact) mass is 309 g/mol. The maximum Gasteiger partial charge on any atom is 0.226 e. The van der Waals surface area contributed by atoms with Gasteiger partial charge in [0.15, 0.2) is 5.84 Å². The van der Waals surface area contributed by atoms with Gasteiger partial charge in [0.05, 0.1) is 11.4 Å². The topological polar surface area (TPSA) is 91.5 Å². The van der Waals surface area contributed by atoms with Crippen molar-refractivity contribution in [3.8, 4) is 11.1 Å². The van der Waals surface area contributed by atoms with E-state index in [0.717, 1.165) is 28.1 Å². The molecule has 1 amide bonds. The Bertz CT molecular complexity index is 769. The maximum absolute atomic E-state index is 11.7. The number of carbonyl (C=O) groups is 1. The Morgan fingerprint density at radius 3 is 2.91 bits per heavy atom. The molecule has 2 aromatic carbocycles. The SMILES string of the molecule is CN/N=C(\N)c1cccc(-c2cccc3c2NCCC(=O)N3)c1. The zero-order chi connectivity index (χ0) is 16.2. The van der Waals surface area contributed by atoms with Crippen molar-refractivity contribution >= 4 is 23.1 Å². The third-order valence-electron chi connectivity index (χ3n) is 3.69. The smallest absolute Gasteiger partial charge is 0.226 e. The number of nitrogens with zero attached hydrogens (tertiary/aromatic N) is 1. The van der Waals surface area contributed by atoms with Crippen molar-refractivity contribution in [2.24, 2.45) is 10.8 Å². The minimum Gasteiger partial charge on any atom is -0.382 e. The van der Waals surface area contributed by atoms with E-state index in [9.17, 15) is 4.79 Å². The molecule has 1 aliphatic rings. The van der Waals surface area contributed by atoms with Gasteiger partial charge in [0.2, 0.25) is 5.91 Å². The van der Waals surface area contributed by atoms with E-state index < -0.39 is 0 Å². The van der Waals surface area contributed by atoms with Crippen molar-refractivity contribution < 1.29 is 4.79 Å². The van der Waals surface area contributed by atoms with Crippen molar-refractivity contribution in [2.75, 3.05) is 24.2 Å². The molecule has 6 heteroatoms. The summed E-state index contributed by atoms with van der Waals surface area (Å²) < 4.78 is 0. The number of nitrogens with one attached hydrogen (secondary N) is 3. The molecular formula is C17H19N5O. The standard InChI is InChI=1S/C17H19N5O/c1-19-22-17(18)12-5-2-4-11(10-12)13-6-3-7-14-16(13)20-9-8-15(23)21-14/h2-7,10,19-20H,8-9H2,1H3,(H2,18,22)(H,21,23). The predicted octanol–water partition coefficient (Wildman–Crippen LogP) is 1.95. The Morgan fingerprint density at radius 2 is 2.09 bits per heavy atom. The summed E-state index contributed by atoms with van der Waals surface area (Å²) >= 11 is 0. The van der Waals surface area contributed by atoms with E-state index in [1.807, 2.05) is 42.5 Å². The molecule has 0 fully saturated rings. The molecule has 2 aromatic rings. The Morgan fingerprint density at radius 1 is 1.26 bits per heavy atom. The first-order valence-corrected chi connectivity index (χ1v) is 7.46. The van der Waals surface area contributed by atoms with Crippen LogP contribution in [0.4, 0.5) is 11.4 Å². The van der Waals surface area contributed by atoms with E-state index in [0.29, 0.717) is 18.8 Å². The van der Waals surface area contributed by atoms with Gasteiger partial charge in [-0.3, -0.25) is 4.79 Å². The van der Waals surface area contributed by atoms with Crippen LogP contribution in [0.2, 0.25) is 0 Å². The van der Waals surface area contributed by atoms with E-state index in [2.05, 4.69) is 21.2 Å². The summed E-state index contributed by atoms with van der Waals surface area (Å²) in [4.78, 5) is 11.7. The number of rotatable bonds is 3. The van der Waals surface area contributed by atoms with Gasteiger partial charge >= 0.3 is 0 Å². The molecule has 6 nitrogen and oxygen atoms in total. The highest BCUT2D eigenvalue weighted by Gasteiger charge is 2.16. The van der Waals surface area contributed by atoms with Gasteiger partial charge in [-0.2, -0.15) is 5.10 Å². The minimum atomic E-state index is 0.0209. The fourth-order valence-corrected chi connectivity index (χ4v) is 2.63. The largest absolute Gasteiger partial charge is 0.382 e. The van der Waals surface area contributed by atoms with Gasteiger partial charge < -0.3 is 21.8 Å². The van der Waals surface area contributed by atoms with Crippen molar-refractivity contribution in [1.82, 2.24) is 5.43 Å². The molecule has 0 unspecified atom stereocenters. The molecule has 1 heterocycles. The van der Waals surface area contributed by atoms with Crippen LogP contribution in [0, 0.1) is 0 Å². The van der Waals surface area contributed by atoms with Crippen molar-refractivity contribution in [3.63, 3.8) is 0 Å². The van der Waals surface area contributed by atoms with Crippen LogP contribution in [-0.4, -0.2) is 25.3 Å². The van der Waals surface area contributed by atoms with Crippen LogP contribution < -0.4 is 21.8 Å². The second-order valence-electron chi connectivity index (χ2n) is 5.25. The molecule has 0 bridgehead atoms. The molecule has 3 rings (SSSR count). The summed E-state index contributed by atoms with van der Waals surface area (Å²) in [6, 6.07) is 13.7. The fourth-order valence-electron chi connectivity index (χ4n) is 2.63. The summed E-state index contributed by atoms with van der Waals surface area (Å²) in [5.41, 5.74) is 13.2. The van der Waals surface area contributed by atoms with Crippen LogP contribution >= 0.6 is 0 Å². The number of hydrogen-bond acceptors (Lipinski definition) is 4. The van der Waals surface area contributed by atoms with Crippen LogP contribution in [0.1, 0.15) is 12.0 Å². The van der Waals surface area contributed by atoms with Crippen LogP contribution in [0.5, 0.6) is 0 Å². The highest BCUT2D eigenvalue weighted by molar-refractivity contribution is 6.01. The molecule has 23 heavy (non-hydrogen) atoms. The van der Waals surface area contributed by atoms with E-state index in [1.165, 1.54) is 0 Å². The normalized spacial score (nSPS) is 14.3. The van der Waals surface area contributed by atoms with Crippen molar-refractivity contribution in [1.29, 1.82) is 0 Å². The quantitative estimate of drug-likeness (QED) is 0.396. The maximum atomic E-state index is 11.7. The zero-order valence-electron chi connectivity index (χ0n) is 12.9. The number of nitrogens with two attached hydrogens (primary N) is 1. The van der Waals surface area contributed by atoms with Crippen molar-refractivity contribution in [3.05, 3.63) is 48.0 Å². The van der Waals surface area contributed by atoms with Gasteiger partial charge in [0.25, 0.3) is 0 Å². The third-order valence-corrected chi connectivity index (χ3v) is 3.69. The number of carbonyl (C=O) groups excluding carboxylic acids is 1. The van der Waals surface area contributed by atoms with Crippen LogP contribution in [-0.2, 0) is 4.79 Å². The first kappa shape index (κ1) is 14.9. The summed E-state index contributed by atoms with van der Waals surface area (Å²) in [6.07, 6.45) is 0.454. The van der Waals surface area contributed by atoms with E-state index in [4.69, 9.17) is 5.73 Å². The van der Waals surface area contributed by atoms with Gasteiger partial charge in [-0.25, -0.2) is 0 Å². The van der Waals surface area contributed by atoms with Crippen LogP contribution in [0.15, 0.2) is 47.6 Å². The lowest BCUT2D eigenvalue weighted by Gasteiger charge is -2.14. The summed E-state index contributed by atoms with van der Waals surface area (Å²) in [7, 11) is 1.71. The Kier molecular flexibility index (Phi) is 4.14. The van der Waals surface area contributed by atoms with Crippen LogP contribution in [0.25, 0.3) is 11.1 Å². The lowest BCUT2D eigenvalue weighted by Crippen LogP contribution is -2.17. The number of anilines is 2. The average molecular weight is 309 g/mol. The number of para-hydroxylation sites is 1. The lowest BCUT2D eigenvalue weighted by atomic mass is 10.00. The van der Waals surface area contributed by atoms with Gasteiger partial charge in [-0.05, 0) is 17.7 Å². The average Bonchev–Trinajstić information content (AvgIpc) is 2.75. The first-order valence-electron chi connectivity index (χ1n) is 7.46. The number of hydrazone groups is 1. The summed E-state index contributed by atoms with van der Waals surface area (Å²) in [5.74, 6) is 0.449. The lowest BCUT2D eigenvalue weighted by molar-refractivity contribution is -0.115. The number of fused-ring (bicyclic) bond motifs is 1. The number of hydrogen-bond donors (Lipinski definition) is 4. The Hall–Kier alpha value is -3.02. The molecule has 0 aromatic heterocycles. The predicted molar refractivity (Wildman–Crippen MR) is 93.4 cm³/mol. The van der Waals surface area contributed by atoms with E-state index in [-0.39, 0.29) is 5.91 Å². The van der Waals surface area contributed by atoms with E-state index >= 15 is 0 Å². The molecule has 5 N–H and O–H groups in total. The molecule has 0 aliphatic carbocycles. The molecule has 1 aliphatic heterocycles. The number of benzene rings is 2. The summed E-state index contributed by atoms with van der Waals surface area (Å²) in [5, 5.41) is 10.3. The minimum absolute atomic E-state index is 0.0209. The first-order chi connectivity index (χ1) is 11.2. The molecule has 118 valence electrons.